The van der Waals surface area contributed by atoms with Gasteiger partial charge in [-0.05, 0) is 35.2 Å². The lowest BCUT2D eigenvalue weighted by Gasteiger charge is -2.02. The molecule has 114 valence electrons. The molecular weight excluding hydrogens is 331 g/mol. The zero-order valence-corrected chi connectivity index (χ0v) is 13.5. The van der Waals surface area contributed by atoms with Gasteiger partial charge in [0.05, 0.1) is 4.88 Å². The van der Waals surface area contributed by atoms with Gasteiger partial charge in [-0.3, -0.25) is 0 Å². The minimum atomic E-state index is -0.207. The summed E-state index contributed by atoms with van der Waals surface area (Å²) in [5.41, 5.74) is 2.20. The molecule has 0 fully saturated rings. The van der Waals surface area contributed by atoms with Gasteiger partial charge in [0.2, 0.25) is 5.16 Å². The molecule has 0 bridgehead atoms. The first-order chi connectivity index (χ1) is 11.3. The Balaban J connectivity index is 1.65. The Morgan fingerprint density at radius 1 is 1.04 bits per heavy atom. The zero-order valence-electron chi connectivity index (χ0n) is 11.9. The summed E-state index contributed by atoms with van der Waals surface area (Å²) in [6.07, 6.45) is 0. The van der Waals surface area contributed by atoms with E-state index in [-0.39, 0.29) is 5.82 Å². The van der Waals surface area contributed by atoms with Crippen molar-refractivity contribution in [1.29, 1.82) is 0 Å². The average Bonchev–Trinajstić information content (AvgIpc) is 3.23. The molecule has 0 saturated heterocycles. The number of benzene rings is 1. The van der Waals surface area contributed by atoms with Crippen molar-refractivity contribution >= 4 is 28.7 Å². The van der Waals surface area contributed by atoms with Crippen molar-refractivity contribution in [3.63, 3.8) is 0 Å². The molecule has 0 unspecified atom stereocenters. The van der Waals surface area contributed by atoms with E-state index in [1.165, 1.54) is 17.8 Å². The van der Waals surface area contributed by atoms with Gasteiger partial charge in [0, 0.05) is 5.75 Å². The van der Waals surface area contributed by atoms with Gasteiger partial charge >= 0.3 is 0 Å². The Morgan fingerprint density at radius 3 is 2.78 bits per heavy atom. The molecule has 23 heavy (non-hydrogen) atoms. The van der Waals surface area contributed by atoms with Crippen LogP contribution in [0, 0.1) is 5.82 Å². The van der Waals surface area contributed by atoms with Crippen molar-refractivity contribution in [2.24, 2.45) is 0 Å². The zero-order chi connectivity index (χ0) is 15.6. The second kappa shape index (κ2) is 6.10. The molecule has 3 aromatic heterocycles. The fourth-order valence-electron chi connectivity index (χ4n) is 2.17. The van der Waals surface area contributed by atoms with Crippen molar-refractivity contribution < 1.29 is 4.39 Å². The fourth-order valence-corrected chi connectivity index (χ4v) is 3.74. The molecule has 0 aliphatic rings. The van der Waals surface area contributed by atoms with Gasteiger partial charge < -0.3 is 0 Å². The van der Waals surface area contributed by atoms with Crippen LogP contribution in [0.4, 0.5) is 4.39 Å². The molecule has 3 heterocycles. The van der Waals surface area contributed by atoms with Gasteiger partial charge in [-0.25, -0.2) is 4.39 Å². The monoisotopic (exact) mass is 342 g/mol. The number of thiophene rings is 1. The summed E-state index contributed by atoms with van der Waals surface area (Å²) in [6, 6.07) is 14.6. The predicted molar refractivity (Wildman–Crippen MR) is 90.1 cm³/mol. The maximum absolute atomic E-state index is 13.7. The molecular formula is C16H11FN4S2. The van der Waals surface area contributed by atoms with Gasteiger partial charge in [0.25, 0.3) is 0 Å². The average molecular weight is 342 g/mol. The Bertz CT molecular complexity index is 950. The Kier molecular flexibility index (Phi) is 3.80. The van der Waals surface area contributed by atoms with E-state index in [1.54, 1.807) is 28.0 Å². The highest BCUT2D eigenvalue weighted by molar-refractivity contribution is 7.98. The van der Waals surface area contributed by atoms with Crippen molar-refractivity contribution in [2.45, 2.75) is 10.9 Å². The van der Waals surface area contributed by atoms with Crippen LogP contribution in [0.1, 0.15) is 5.56 Å². The first-order valence-corrected chi connectivity index (χ1v) is 8.80. The lowest BCUT2D eigenvalue weighted by molar-refractivity contribution is 0.617. The van der Waals surface area contributed by atoms with E-state index in [2.05, 4.69) is 15.3 Å². The van der Waals surface area contributed by atoms with Gasteiger partial charge in [0.15, 0.2) is 5.65 Å². The number of nitrogens with zero attached hydrogens (tertiary/aromatic N) is 4. The van der Waals surface area contributed by atoms with Crippen LogP contribution in [0.2, 0.25) is 0 Å². The summed E-state index contributed by atoms with van der Waals surface area (Å²) in [5.74, 6) is 0.277. The summed E-state index contributed by atoms with van der Waals surface area (Å²) < 4.78 is 15.4. The quantitative estimate of drug-likeness (QED) is 0.519. The van der Waals surface area contributed by atoms with Crippen molar-refractivity contribution in [2.75, 3.05) is 0 Å². The third-order valence-corrected chi connectivity index (χ3v) is 5.18. The molecule has 0 aliphatic carbocycles. The standard InChI is InChI=1S/C16H11FN4S2/c17-12-5-2-1-4-11(12)10-23-16-19-18-15-8-7-13(20-21(15)16)14-6-3-9-22-14/h1-9H,10H2. The van der Waals surface area contributed by atoms with E-state index in [4.69, 9.17) is 0 Å². The third kappa shape index (κ3) is 2.85. The van der Waals surface area contributed by atoms with E-state index in [0.717, 1.165) is 10.6 Å². The van der Waals surface area contributed by atoms with Crippen molar-refractivity contribution in [3.8, 4) is 10.6 Å². The highest BCUT2D eigenvalue weighted by atomic mass is 32.2. The Labute approximate surface area is 140 Å². The lowest BCUT2D eigenvalue weighted by Crippen LogP contribution is -1.96. The number of rotatable bonds is 4. The van der Waals surface area contributed by atoms with Crippen LogP contribution in [0.5, 0.6) is 0 Å². The number of hydrogen-bond donors (Lipinski definition) is 0. The normalized spacial score (nSPS) is 11.2. The number of halogens is 1. The van der Waals surface area contributed by atoms with E-state index in [9.17, 15) is 4.39 Å². The number of fused-ring (bicyclic) bond motifs is 1. The molecule has 0 spiro atoms. The molecule has 4 nitrogen and oxygen atoms in total. The lowest BCUT2D eigenvalue weighted by atomic mass is 10.2. The van der Waals surface area contributed by atoms with Crippen LogP contribution in [-0.2, 0) is 5.75 Å². The van der Waals surface area contributed by atoms with Crippen LogP contribution in [-0.4, -0.2) is 19.8 Å². The maximum Gasteiger partial charge on any atom is 0.212 e. The number of thioether (sulfide) groups is 1. The molecule has 0 amide bonds. The number of hydrogen-bond acceptors (Lipinski definition) is 5. The predicted octanol–water partition coefficient (Wildman–Crippen LogP) is 4.28. The summed E-state index contributed by atoms with van der Waals surface area (Å²) in [4.78, 5) is 1.09. The smallest absolute Gasteiger partial charge is 0.207 e. The third-order valence-electron chi connectivity index (χ3n) is 3.32. The van der Waals surface area contributed by atoms with E-state index >= 15 is 0 Å². The van der Waals surface area contributed by atoms with E-state index in [1.807, 2.05) is 35.7 Å². The van der Waals surface area contributed by atoms with Gasteiger partial charge in [-0.2, -0.15) is 9.61 Å². The molecule has 4 rings (SSSR count). The second-order valence-electron chi connectivity index (χ2n) is 4.83. The van der Waals surface area contributed by atoms with Crippen LogP contribution in [0.3, 0.4) is 0 Å². The minimum absolute atomic E-state index is 0.207. The van der Waals surface area contributed by atoms with E-state index in [0.29, 0.717) is 22.1 Å². The fraction of sp³-hybridized carbons (Fsp3) is 0.0625. The van der Waals surface area contributed by atoms with Crippen LogP contribution in [0.15, 0.2) is 59.1 Å². The highest BCUT2D eigenvalue weighted by Crippen LogP contribution is 2.26. The molecule has 0 N–H and O–H groups in total. The summed E-state index contributed by atoms with van der Waals surface area (Å²) in [5, 5.41) is 15.5. The first kappa shape index (κ1) is 14.3. The molecule has 1 aromatic carbocycles. The SMILES string of the molecule is Fc1ccccc1CSc1nnc2ccc(-c3cccs3)nn12. The molecule has 0 radical (unpaired) electrons. The topological polar surface area (TPSA) is 43.1 Å². The largest absolute Gasteiger partial charge is 0.212 e. The second-order valence-corrected chi connectivity index (χ2v) is 6.72. The molecule has 0 saturated carbocycles. The highest BCUT2D eigenvalue weighted by Gasteiger charge is 2.11. The first-order valence-electron chi connectivity index (χ1n) is 6.94. The maximum atomic E-state index is 13.7. The van der Waals surface area contributed by atoms with Crippen molar-refractivity contribution in [3.05, 3.63) is 65.3 Å². The van der Waals surface area contributed by atoms with Gasteiger partial charge in [-0.15, -0.1) is 21.5 Å². The Morgan fingerprint density at radius 2 is 1.96 bits per heavy atom. The molecule has 0 atom stereocenters. The summed E-state index contributed by atoms with van der Waals surface area (Å²) >= 11 is 3.05. The molecule has 4 aromatic rings. The molecule has 7 heteroatoms. The number of aromatic nitrogens is 4. The van der Waals surface area contributed by atoms with Gasteiger partial charge in [0.1, 0.15) is 11.5 Å². The van der Waals surface area contributed by atoms with Gasteiger partial charge in [-0.1, -0.05) is 36.0 Å². The van der Waals surface area contributed by atoms with Crippen LogP contribution >= 0.6 is 23.1 Å². The van der Waals surface area contributed by atoms with Crippen LogP contribution < -0.4 is 0 Å². The Hall–Kier alpha value is -2.25. The summed E-state index contributed by atoms with van der Waals surface area (Å²) in [7, 11) is 0. The van der Waals surface area contributed by atoms with E-state index < -0.39 is 0 Å². The molecule has 0 aliphatic heterocycles. The van der Waals surface area contributed by atoms with Crippen LogP contribution in [0.25, 0.3) is 16.2 Å². The minimum Gasteiger partial charge on any atom is -0.207 e. The summed E-state index contributed by atoms with van der Waals surface area (Å²) in [6.45, 7) is 0. The van der Waals surface area contributed by atoms with Crippen molar-refractivity contribution in [1.82, 2.24) is 19.8 Å².